The monoisotopic (exact) mass is 276 g/mol. The van der Waals surface area contributed by atoms with Gasteiger partial charge in [-0.05, 0) is 24.6 Å². The number of amides is 2. The fraction of sp³-hybridized carbons (Fsp3) is 0.429. The molecule has 2 heterocycles. The van der Waals surface area contributed by atoms with Gasteiger partial charge in [-0.3, -0.25) is 9.59 Å². The molecule has 0 radical (unpaired) electrons. The van der Waals surface area contributed by atoms with Gasteiger partial charge in [0.2, 0.25) is 18.6 Å². The minimum absolute atomic E-state index is 0.0115. The van der Waals surface area contributed by atoms with E-state index < -0.39 is 5.41 Å². The molecule has 0 atom stereocenters. The van der Waals surface area contributed by atoms with E-state index in [9.17, 15) is 9.59 Å². The second-order valence-corrected chi connectivity index (χ2v) is 5.54. The zero-order valence-electron chi connectivity index (χ0n) is 11.2. The molecule has 3 rings (SSSR count). The number of fused-ring (bicyclic) bond motifs is 1. The van der Waals surface area contributed by atoms with E-state index >= 15 is 0 Å². The van der Waals surface area contributed by atoms with E-state index in [-0.39, 0.29) is 25.0 Å². The topological polar surface area (TPSA) is 81.9 Å². The number of carbonyl (C=O) groups is 2. The van der Waals surface area contributed by atoms with E-state index in [2.05, 4.69) is 0 Å². The second kappa shape index (κ2) is 4.40. The molecule has 0 spiro atoms. The Labute approximate surface area is 116 Å². The normalized spacial score (nSPS) is 18.6. The maximum Gasteiger partial charge on any atom is 0.231 e. The van der Waals surface area contributed by atoms with Gasteiger partial charge in [-0.25, -0.2) is 0 Å². The molecule has 1 aromatic rings. The van der Waals surface area contributed by atoms with Crippen LogP contribution in [0.3, 0.4) is 0 Å². The zero-order chi connectivity index (χ0) is 14.3. The number of benzene rings is 1. The number of nitrogens with two attached hydrogens (primary N) is 1. The molecule has 2 amide bonds. The van der Waals surface area contributed by atoms with Crippen LogP contribution in [0.4, 0.5) is 0 Å². The van der Waals surface area contributed by atoms with Gasteiger partial charge < -0.3 is 20.1 Å². The summed E-state index contributed by atoms with van der Waals surface area (Å²) >= 11 is 0. The first-order valence-electron chi connectivity index (χ1n) is 6.44. The Balaban J connectivity index is 1.62. The first-order chi connectivity index (χ1) is 9.48. The lowest BCUT2D eigenvalue weighted by Crippen LogP contribution is -2.62. The third-order valence-electron chi connectivity index (χ3n) is 3.82. The fourth-order valence-corrected chi connectivity index (χ4v) is 2.47. The third-order valence-corrected chi connectivity index (χ3v) is 3.82. The molecule has 0 aliphatic carbocycles. The largest absolute Gasteiger partial charge is 0.454 e. The lowest BCUT2D eigenvalue weighted by molar-refractivity contribution is -0.149. The first-order valence-corrected chi connectivity index (χ1v) is 6.44. The van der Waals surface area contributed by atoms with Crippen LogP contribution in [0.25, 0.3) is 0 Å². The lowest BCUT2D eigenvalue weighted by atomic mass is 9.81. The number of nitrogens with zero attached hydrogens (tertiary/aromatic N) is 1. The molecule has 20 heavy (non-hydrogen) atoms. The molecule has 1 aromatic carbocycles. The molecule has 106 valence electrons. The molecule has 0 bridgehead atoms. The van der Waals surface area contributed by atoms with Crippen LogP contribution < -0.4 is 15.2 Å². The van der Waals surface area contributed by atoms with Gasteiger partial charge in [-0.15, -0.1) is 0 Å². The Morgan fingerprint density at radius 3 is 2.70 bits per heavy atom. The van der Waals surface area contributed by atoms with Crippen LogP contribution in [0.2, 0.25) is 0 Å². The number of rotatable bonds is 3. The Morgan fingerprint density at radius 2 is 2.00 bits per heavy atom. The van der Waals surface area contributed by atoms with Crippen LogP contribution in [0, 0.1) is 5.41 Å². The van der Waals surface area contributed by atoms with Gasteiger partial charge in [0.25, 0.3) is 0 Å². The Morgan fingerprint density at radius 1 is 1.30 bits per heavy atom. The minimum Gasteiger partial charge on any atom is -0.454 e. The van der Waals surface area contributed by atoms with Crippen molar-refractivity contribution in [2.75, 3.05) is 19.9 Å². The Kier molecular flexibility index (Phi) is 2.81. The maximum absolute atomic E-state index is 12.1. The number of likely N-dealkylation sites (tertiary alicyclic amines) is 1. The second-order valence-electron chi connectivity index (χ2n) is 5.54. The predicted molar refractivity (Wildman–Crippen MR) is 70.2 cm³/mol. The van der Waals surface area contributed by atoms with Crippen LogP contribution in [-0.4, -0.2) is 36.6 Å². The molecule has 2 N–H and O–H groups in total. The van der Waals surface area contributed by atoms with Crippen molar-refractivity contribution in [1.82, 2.24) is 4.90 Å². The van der Waals surface area contributed by atoms with Gasteiger partial charge in [-0.1, -0.05) is 6.07 Å². The van der Waals surface area contributed by atoms with E-state index in [1.165, 1.54) is 0 Å². The van der Waals surface area contributed by atoms with Crippen molar-refractivity contribution in [2.24, 2.45) is 11.1 Å². The molecule has 0 unspecified atom stereocenters. The Bertz CT molecular complexity index is 579. The van der Waals surface area contributed by atoms with E-state index in [1.54, 1.807) is 17.9 Å². The van der Waals surface area contributed by atoms with Gasteiger partial charge in [0.15, 0.2) is 11.5 Å². The summed E-state index contributed by atoms with van der Waals surface area (Å²) in [6.45, 7) is 2.78. The van der Waals surface area contributed by atoms with Gasteiger partial charge in [0, 0.05) is 13.1 Å². The number of carbonyl (C=O) groups excluding carboxylic acids is 2. The molecule has 1 saturated heterocycles. The average Bonchev–Trinajstić information content (AvgIpc) is 2.81. The molecular weight excluding hydrogens is 260 g/mol. The highest BCUT2D eigenvalue weighted by atomic mass is 16.7. The zero-order valence-corrected chi connectivity index (χ0v) is 11.2. The molecule has 6 nitrogen and oxygen atoms in total. The van der Waals surface area contributed by atoms with E-state index in [1.807, 2.05) is 12.1 Å². The van der Waals surface area contributed by atoms with Gasteiger partial charge in [-0.2, -0.15) is 0 Å². The van der Waals surface area contributed by atoms with Crippen LogP contribution in [0.1, 0.15) is 12.5 Å². The van der Waals surface area contributed by atoms with Crippen LogP contribution >= 0.6 is 0 Å². The smallest absolute Gasteiger partial charge is 0.231 e. The summed E-state index contributed by atoms with van der Waals surface area (Å²) in [5.74, 6) is 1.000. The summed E-state index contributed by atoms with van der Waals surface area (Å²) in [5.41, 5.74) is 5.59. The highest BCUT2D eigenvalue weighted by Crippen LogP contribution is 2.33. The summed E-state index contributed by atoms with van der Waals surface area (Å²) in [6, 6.07) is 5.46. The highest BCUT2D eigenvalue weighted by molar-refractivity contribution is 5.87. The van der Waals surface area contributed by atoms with Crippen LogP contribution in [0.5, 0.6) is 11.5 Å². The summed E-state index contributed by atoms with van der Waals surface area (Å²) in [5, 5.41) is 0. The van der Waals surface area contributed by atoms with Crippen molar-refractivity contribution >= 4 is 11.8 Å². The molecule has 0 aromatic heterocycles. The summed E-state index contributed by atoms with van der Waals surface area (Å²) in [4.78, 5) is 25.0. The van der Waals surface area contributed by atoms with Gasteiger partial charge in [0.05, 0.1) is 11.8 Å². The van der Waals surface area contributed by atoms with E-state index in [4.69, 9.17) is 15.2 Å². The molecule has 1 fully saturated rings. The van der Waals surface area contributed by atoms with Crippen LogP contribution in [0.15, 0.2) is 18.2 Å². The number of hydrogen-bond donors (Lipinski definition) is 1. The molecule has 6 heteroatoms. The summed E-state index contributed by atoms with van der Waals surface area (Å²) in [6.07, 6.45) is 0.283. The highest BCUT2D eigenvalue weighted by Gasteiger charge is 2.45. The molecule has 0 saturated carbocycles. The predicted octanol–water partition coefficient (Wildman–Crippen LogP) is 0.292. The number of hydrogen-bond acceptors (Lipinski definition) is 4. The van der Waals surface area contributed by atoms with Crippen molar-refractivity contribution < 1.29 is 19.1 Å². The quantitative estimate of drug-likeness (QED) is 0.860. The third kappa shape index (κ3) is 2.07. The standard InChI is InChI=1S/C14H16N2O4/c1-14(13(15)18)6-16(7-14)12(17)5-9-2-3-10-11(4-9)20-8-19-10/h2-4H,5-8H2,1H3,(H2,15,18). The summed E-state index contributed by atoms with van der Waals surface area (Å²) < 4.78 is 10.5. The lowest BCUT2D eigenvalue weighted by Gasteiger charge is -2.45. The minimum atomic E-state index is -0.579. The molecule has 2 aliphatic rings. The maximum atomic E-state index is 12.1. The summed E-state index contributed by atoms with van der Waals surface area (Å²) in [7, 11) is 0. The van der Waals surface area contributed by atoms with E-state index in [0.717, 1.165) is 5.56 Å². The fourth-order valence-electron chi connectivity index (χ4n) is 2.47. The van der Waals surface area contributed by atoms with Crippen molar-refractivity contribution in [1.29, 1.82) is 0 Å². The number of ether oxygens (including phenoxy) is 2. The van der Waals surface area contributed by atoms with Crippen LogP contribution in [-0.2, 0) is 16.0 Å². The Hall–Kier alpha value is -2.24. The first kappa shape index (κ1) is 12.8. The van der Waals surface area contributed by atoms with Crippen molar-refractivity contribution in [3.8, 4) is 11.5 Å². The van der Waals surface area contributed by atoms with Crippen molar-refractivity contribution in [2.45, 2.75) is 13.3 Å². The molecule has 2 aliphatic heterocycles. The average molecular weight is 276 g/mol. The SMILES string of the molecule is CC1(C(N)=O)CN(C(=O)Cc2ccc3c(c2)OCO3)C1. The van der Waals surface area contributed by atoms with Crippen molar-refractivity contribution in [3.05, 3.63) is 23.8 Å². The van der Waals surface area contributed by atoms with E-state index in [0.29, 0.717) is 24.6 Å². The number of primary amides is 1. The van der Waals surface area contributed by atoms with Gasteiger partial charge >= 0.3 is 0 Å². The van der Waals surface area contributed by atoms with Crippen molar-refractivity contribution in [3.63, 3.8) is 0 Å². The van der Waals surface area contributed by atoms with Gasteiger partial charge in [0.1, 0.15) is 0 Å². The molecular formula is C14H16N2O4.